The molecule has 0 aliphatic rings. The molecule has 1 amide bonds. The van der Waals surface area contributed by atoms with Gasteiger partial charge in [-0.1, -0.05) is 30.3 Å². The van der Waals surface area contributed by atoms with E-state index in [9.17, 15) is 9.59 Å². The molecule has 6 rings (SSSR count). The van der Waals surface area contributed by atoms with Crippen molar-refractivity contribution in [1.29, 1.82) is 0 Å². The molecule has 50 heavy (non-hydrogen) atoms. The number of aromatic nitrogens is 5. The number of carbonyl (C=O) groups excluding carboxylic acids is 2. The predicted octanol–water partition coefficient (Wildman–Crippen LogP) is 7.60. The lowest BCUT2D eigenvalue weighted by atomic mass is 10.1. The van der Waals surface area contributed by atoms with Crippen molar-refractivity contribution >= 4 is 23.4 Å². The van der Waals surface area contributed by atoms with Crippen LogP contribution in [0, 0.1) is 0 Å². The molecule has 260 valence electrons. The van der Waals surface area contributed by atoms with E-state index in [4.69, 9.17) is 31.9 Å². The first kappa shape index (κ1) is 34.3. The van der Waals surface area contributed by atoms with E-state index in [1.54, 1.807) is 38.3 Å². The number of nitrogens with one attached hydrogen (secondary N) is 1. The van der Waals surface area contributed by atoms with Crippen LogP contribution in [0.2, 0.25) is 0 Å². The van der Waals surface area contributed by atoms with Crippen molar-refractivity contribution in [3.8, 4) is 56.8 Å². The number of thiazole rings is 1. The quantitative estimate of drug-likeness (QED) is 0.137. The van der Waals surface area contributed by atoms with Crippen LogP contribution in [-0.4, -0.2) is 61.9 Å². The SMILES string of the molecule is COC(=O)c1nc(-c2coc(-c3csc(-c4coc(-c5coc(C(COC(C)(C)C)NC(=O)OC(C)(C)C)n5)n4)n3)n2)oc1-c1ccccc1. The zero-order chi connectivity index (χ0) is 35.6. The number of carbonyl (C=O) groups is 2. The van der Waals surface area contributed by atoms with E-state index in [1.165, 1.54) is 37.2 Å². The zero-order valence-electron chi connectivity index (χ0n) is 28.3. The standard InChI is InChI=1S/C34H34N6O9S/c1-33(2,3)47-16-21(39-32(42)49-34(4,5)6)27-35-19(13-44-27)26-37-22(15-46-26)30-38-23(17-50-30)28-36-20(14-45-28)29-40-24(31(41)43-7)25(48-29)18-11-9-8-10-12-18/h8-15,17,21H,16H2,1-7H3,(H,39,42). The van der Waals surface area contributed by atoms with Crippen LogP contribution in [0.5, 0.6) is 0 Å². The number of esters is 1. The van der Waals surface area contributed by atoms with Gasteiger partial charge in [-0.2, -0.15) is 4.98 Å². The summed E-state index contributed by atoms with van der Waals surface area (Å²) in [5, 5.41) is 5.04. The van der Waals surface area contributed by atoms with Gasteiger partial charge >= 0.3 is 12.1 Å². The molecule has 15 nitrogen and oxygen atoms in total. The number of amides is 1. The first-order valence-corrected chi connectivity index (χ1v) is 16.3. The second-order valence-corrected chi connectivity index (χ2v) is 13.7. The fraction of sp³-hybridized carbons (Fsp3) is 0.324. The predicted molar refractivity (Wildman–Crippen MR) is 179 cm³/mol. The van der Waals surface area contributed by atoms with Gasteiger partial charge in [0.2, 0.25) is 23.6 Å². The summed E-state index contributed by atoms with van der Waals surface area (Å²) >= 11 is 1.30. The van der Waals surface area contributed by atoms with Gasteiger partial charge in [0.25, 0.3) is 0 Å². The minimum atomic E-state index is -0.743. The van der Waals surface area contributed by atoms with Crippen molar-refractivity contribution < 1.29 is 41.5 Å². The van der Waals surface area contributed by atoms with E-state index in [2.05, 4.69) is 30.2 Å². The number of ether oxygens (including phenoxy) is 3. The van der Waals surface area contributed by atoms with Gasteiger partial charge in [0.15, 0.2) is 22.8 Å². The number of hydrogen-bond acceptors (Lipinski definition) is 15. The van der Waals surface area contributed by atoms with Crippen LogP contribution in [0.4, 0.5) is 4.79 Å². The van der Waals surface area contributed by atoms with Gasteiger partial charge < -0.3 is 37.2 Å². The van der Waals surface area contributed by atoms with Gasteiger partial charge in [-0.3, -0.25) is 0 Å². The monoisotopic (exact) mass is 702 g/mol. The number of benzene rings is 1. The Labute approximate surface area is 290 Å². The van der Waals surface area contributed by atoms with Crippen LogP contribution in [0.1, 0.15) is 64.0 Å². The largest absolute Gasteiger partial charge is 0.464 e. The molecule has 0 fully saturated rings. The maximum Gasteiger partial charge on any atom is 0.408 e. The third kappa shape index (κ3) is 7.98. The van der Waals surface area contributed by atoms with E-state index in [0.29, 0.717) is 27.7 Å². The highest BCUT2D eigenvalue weighted by molar-refractivity contribution is 7.13. The molecule has 6 aromatic rings. The number of alkyl carbamates (subject to hydrolysis) is 1. The Balaban J connectivity index is 1.19. The maximum atomic E-state index is 12.6. The molecular formula is C34H34N6O9S. The van der Waals surface area contributed by atoms with Gasteiger partial charge in [0.1, 0.15) is 46.8 Å². The average molecular weight is 703 g/mol. The van der Waals surface area contributed by atoms with Crippen molar-refractivity contribution in [1.82, 2.24) is 30.2 Å². The fourth-order valence-corrected chi connectivity index (χ4v) is 5.16. The molecule has 5 heterocycles. The van der Waals surface area contributed by atoms with E-state index in [-0.39, 0.29) is 47.3 Å². The van der Waals surface area contributed by atoms with Crippen molar-refractivity contribution in [2.75, 3.05) is 13.7 Å². The number of hydrogen-bond donors (Lipinski definition) is 1. The summed E-state index contributed by atoms with van der Waals surface area (Å²) in [5.74, 6) is 0.252. The van der Waals surface area contributed by atoms with Crippen molar-refractivity contribution in [3.05, 3.63) is 66.1 Å². The first-order valence-electron chi connectivity index (χ1n) is 15.4. The van der Waals surface area contributed by atoms with E-state index >= 15 is 0 Å². The molecule has 16 heteroatoms. The third-order valence-electron chi connectivity index (χ3n) is 6.62. The molecule has 0 aliphatic carbocycles. The lowest BCUT2D eigenvalue weighted by molar-refractivity contribution is -0.0207. The summed E-state index contributed by atoms with van der Waals surface area (Å²) < 4.78 is 39.3. The zero-order valence-corrected chi connectivity index (χ0v) is 29.1. The van der Waals surface area contributed by atoms with Crippen LogP contribution in [0.25, 0.3) is 56.8 Å². The van der Waals surface area contributed by atoms with Crippen LogP contribution >= 0.6 is 11.3 Å². The molecule has 1 aromatic carbocycles. The van der Waals surface area contributed by atoms with Gasteiger partial charge in [-0.25, -0.2) is 29.5 Å². The molecule has 1 N–H and O–H groups in total. The molecule has 0 bridgehead atoms. The van der Waals surface area contributed by atoms with Crippen LogP contribution < -0.4 is 5.32 Å². The van der Waals surface area contributed by atoms with Gasteiger partial charge in [0.05, 0.1) is 19.3 Å². The summed E-state index contributed by atoms with van der Waals surface area (Å²) in [4.78, 5) is 47.5. The van der Waals surface area contributed by atoms with Crippen LogP contribution in [0.3, 0.4) is 0 Å². The second kappa shape index (κ2) is 13.7. The summed E-state index contributed by atoms with van der Waals surface area (Å²) in [5.41, 5.74) is 0.940. The lowest BCUT2D eigenvalue weighted by Crippen LogP contribution is -2.38. The van der Waals surface area contributed by atoms with Crippen molar-refractivity contribution in [2.45, 2.75) is 58.8 Å². The molecule has 0 spiro atoms. The third-order valence-corrected chi connectivity index (χ3v) is 7.49. The van der Waals surface area contributed by atoms with Gasteiger partial charge in [-0.15, -0.1) is 11.3 Å². The normalized spacial score (nSPS) is 12.5. The molecule has 1 unspecified atom stereocenters. The number of oxazole rings is 4. The number of nitrogens with zero attached hydrogens (tertiary/aromatic N) is 5. The van der Waals surface area contributed by atoms with Crippen molar-refractivity contribution in [2.24, 2.45) is 0 Å². The Kier molecular flexibility index (Phi) is 9.40. The van der Waals surface area contributed by atoms with Crippen molar-refractivity contribution in [3.63, 3.8) is 0 Å². The highest BCUT2D eigenvalue weighted by Crippen LogP contribution is 2.34. The Morgan fingerprint density at radius 3 is 2.16 bits per heavy atom. The van der Waals surface area contributed by atoms with Crippen LogP contribution in [0.15, 0.2) is 72.2 Å². The fourth-order valence-electron chi connectivity index (χ4n) is 4.42. The minimum Gasteiger partial charge on any atom is -0.464 e. The first-order chi connectivity index (χ1) is 23.8. The van der Waals surface area contributed by atoms with Crippen LogP contribution in [-0.2, 0) is 14.2 Å². The summed E-state index contributed by atoms with van der Waals surface area (Å²) in [7, 11) is 1.27. The molecule has 1 atom stereocenters. The highest BCUT2D eigenvalue weighted by Gasteiger charge is 2.28. The van der Waals surface area contributed by atoms with Gasteiger partial charge in [0, 0.05) is 10.9 Å². The summed E-state index contributed by atoms with van der Waals surface area (Å²) in [6.45, 7) is 11.1. The molecule has 5 aromatic heterocycles. The topological polar surface area (TPSA) is 191 Å². The average Bonchev–Trinajstić information content (AvgIpc) is 3.90. The Morgan fingerprint density at radius 2 is 1.46 bits per heavy atom. The molecule has 0 radical (unpaired) electrons. The smallest absolute Gasteiger partial charge is 0.408 e. The lowest BCUT2D eigenvalue weighted by Gasteiger charge is -2.25. The minimum absolute atomic E-state index is 0.0170. The maximum absolute atomic E-state index is 12.6. The molecular weight excluding hydrogens is 668 g/mol. The molecule has 0 aliphatic heterocycles. The second-order valence-electron chi connectivity index (χ2n) is 12.9. The van der Waals surface area contributed by atoms with E-state index in [1.807, 2.05) is 39.0 Å². The Hall–Kier alpha value is -5.61. The number of methoxy groups -OCH3 is 1. The Morgan fingerprint density at radius 1 is 0.800 bits per heavy atom. The Bertz CT molecular complexity index is 2100. The van der Waals surface area contributed by atoms with E-state index < -0.39 is 29.3 Å². The molecule has 0 saturated heterocycles. The van der Waals surface area contributed by atoms with E-state index in [0.717, 1.165) is 0 Å². The molecule has 0 saturated carbocycles. The highest BCUT2D eigenvalue weighted by atomic mass is 32.1. The summed E-state index contributed by atoms with van der Waals surface area (Å²) in [6.07, 6.45) is 3.55. The number of rotatable bonds is 10. The summed E-state index contributed by atoms with van der Waals surface area (Å²) in [6, 6.07) is 8.33. The van der Waals surface area contributed by atoms with Gasteiger partial charge in [-0.05, 0) is 41.5 Å².